The predicted octanol–water partition coefficient (Wildman–Crippen LogP) is 3.12. The molecule has 1 atom stereocenters. The van der Waals surface area contributed by atoms with Gasteiger partial charge in [0.15, 0.2) is 0 Å². The summed E-state index contributed by atoms with van der Waals surface area (Å²) >= 11 is 0. The Morgan fingerprint density at radius 2 is 2.11 bits per heavy atom. The fourth-order valence-corrected chi connectivity index (χ4v) is 1.82. The second kappa shape index (κ2) is 5.71. The molecule has 1 amide bonds. The predicted molar refractivity (Wildman–Crippen MR) is 75.3 cm³/mol. The van der Waals surface area contributed by atoms with Crippen LogP contribution in [0.5, 0.6) is 0 Å². The van der Waals surface area contributed by atoms with Crippen LogP contribution in [0.3, 0.4) is 0 Å². The van der Waals surface area contributed by atoms with Crippen molar-refractivity contribution in [3.63, 3.8) is 0 Å². The summed E-state index contributed by atoms with van der Waals surface area (Å²) in [6.45, 7) is 3.88. The van der Waals surface area contributed by atoms with Crippen LogP contribution in [0, 0.1) is 6.92 Å². The average molecular weight is 258 g/mol. The van der Waals surface area contributed by atoms with Crippen LogP contribution in [-0.2, 0) is 0 Å². The molecule has 0 aliphatic heterocycles. The Bertz CT molecular complexity index is 575. The topological polar surface area (TPSA) is 54.3 Å². The van der Waals surface area contributed by atoms with Gasteiger partial charge in [0, 0.05) is 11.7 Å². The van der Waals surface area contributed by atoms with Crippen molar-refractivity contribution in [3.05, 3.63) is 53.5 Å². The molecule has 1 aromatic heterocycles. The van der Waals surface area contributed by atoms with Gasteiger partial charge < -0.3 is 15.1 Å². The standard InChI is InChI=1S/C15H18N2O2/c1-10-7-13(9-19-10)15(18)17-14-6-4-5-12(8-14)11(2)16-3/h4-9,11,16H,1-3H3,(H,17,18). The molecule has 0 radical (unpaired) electrons. The van der Waals surface area contributed by atoms with E-state index in [0.717, 1.165) is 17.0 Å². The van der Waals surface area contributed by atoms with E-state index in [0.29, 0.717) is 5.56 Å². The van der Waals surface area contributed by atoms with Crippen molar-refractivity contribution >= 4 is 11.6 Å². The highest BCUT2D eigenvalue weighted by atomic mass is 16.3. The largest absolute Gasteiger partial charge is 0.469 e. The maximum Gasteiger partial charge on any atom is 0.258 e. The van der Waals surface area contributed by atoms with Crippen molar-refractivity contribution in [3.8, 4) is 0 Å². The highest BCUT2D eigenvalue weighted by Gasteiger charge is 2.10. The Morgan fingerprint density at radius 1 is 1.32 bits per heavy atom. The molecule has 0 bridgehead atoms. The zero-order valence-corrected chi connectivity index (χ0v) is 11.4. The van der Waals surface area contributed by atoms with Gasteiger partial charge in [-0.3, -0.25) is 4.79 Å². The summed E-state index contributed by atoms with van der Waals surface area (Å²) in [4.78, 5) is 12.0. The van der Waals surface area contributed by atoms with E-state index in [1.807, 2.05) is 38.2 Å². The van der Waals surface area contributed by atoms with Crippen molar-refractivity contribution in [2.45, 2.75) is 19.9 Å². The molecule has 4 heteroatoms. The van der Waals surface area contributed by atoms with Crippen LogP contribution in [0.1, 0.15) is 34.6 Å². The van der Waals surface area contributed by atoms with Gasteiger partial charge in [0.05, 0.1) is 5.56 Å². The Labute approximate surface area is 112 Å². The quantitative estimate of drug-likeness (QED) is 0.886. The number of aryl methyl sites for hydroxylation is 1. The van der Waals surface area contributed by atoms with Crippen molar-refractivity contribution in [2.75, 3.05) is 12.4 Å². The molecule has 2 aromatic rings. The van der Waals surface area contributed by atoms with E-state index in [-0.39, 0.29) is 11.9 Å². The third kappa shape index (κ3) is 3.23. The second-order valence-corrected chi connectivity index (χ2v) is 4.54. The minimum absolute atomic E-state index is 0.161. The zero-order chi connectivity index (χ0) is 13.8. The molecule has 1 unspecified atom stereocenters. The molecule has 2 N–H and O–H groups in total. The van der Waals surface area contributed by atoms with Crippen molar-refractivity contribution in [2.24, 2.45) is 0 Å². The number of hydrogen-bond acceptors (Lipinski definition) is 3. The third-order valence-electron chi connectivity index (χ3n) is 3.07. The Hall–Kier alpha value is -2.07. The first-order chi connectivity index (χ1) is 9.10. The SMILES string of the molecule is CNC(C)c1cccc(NC(=O)c2coc(C)c2)c1. The van der Waals surface area contributed by atoms with Crippen LogP contribution in [0.4, 0.5) is 5.69 Å². The Kier molecular flexibility index (Phi) is 4.02. The maximum atomic E-state index is 12.0. The Balaban J connectivity index is 2.13. The zero-order valence-electron chi connectivity index (χ0n) is 11.4. The van der Waals surface area contributed by atoms with Crippen LogP contribution in [0.15, 0.2) is 41.0 Å². The van der Waals surface area contributed by atoms with Gasteiger partial charge in [-0.05, 0) is 44.7 Å². The summed E-state index contributed by atoms with van der Waals surface area (Å²) in [5, 5.41) is 6.03. The van der Waals surface area contributed by atoms with Crippen molar-refractivity contribution < 1.29 is 9.21 Å². The molecule has 0 aliphatic carbocycles. The van der Waals surface area contributed by atoms with Crippen LogP contribution in [-0.4, -0.2) is 13.0 Å². The lowest BCUT2D eigenvalue weighted by Crippen LogP contribution is -2.14. The number of carbonyl (C=O) groups excluding carboxylic acids is 1. The van der Waals surface area contributed by atoms with Gasteiger partial charge in [0.2, 0.25) is 0 Å². The molecular formula is C15H18N2O2. The lowest BCUT2D eigenvalue weighted by molar-refractivity contribution is 0.102. The summed E-state index contributed by atoms with van der Waals surface area (Å²) < 4.78 is 5.13. The van der Waals surface area contributed by atoms with Gasteiger partial charge in [-0.2, -0.15) is 0 Å². The van der Waals surface area contributed by atoms with Crippen molar-refractivity contribution in [1.29, 1.82) is 0 Å². The fraction of sp³-hybridized carbons (Fsp3) is 0.267. The Morgan fingerprint density at radius 3 is 2.74 bits per heavy atom. The lowest BCUT2D eigenvalue weighted by atomic mass is 10.1. The summed E-state index contributed by atoms with van der Waals surface area (Å²) in [5.41, 5.74) is 2.44. The summed E-state index contributed by atoms with van der Waals surface area (Å²) in [5.74, 6) is 0.564. The van der Waals surface area contributed by atoms with E-state index in [2.05, 4.69) is 17.6 Å². The number of benzene rings is 1. The van der Waals surface area contributed by atoms with Gasteiger partial charge in [-0.1, -0.05) is 12.1 Å². The van der Waals surface area contributed by atoms with Crippen LogP contribution < -0.4 is 10.6 Å². The summed E-state index contributed by atoms with van der Waals surface area (Å²) in [6.07, 6.45) is 1.46. The van der Waals surface area contributed by atoms with E-state index in [1.54, 1.807) is 6.07 Å². The number of hydrogen-bond donors (Lipinski definition) is 2. The number of anilines is 1. The normalized spacial score (nSPS) is 12.2. The summed E-state index contributed by atoms with van der Waals surface area (Å²) in [7, 11) is 1.91. The average Bonchev–Trinajstić information content (AvgIpc) is 2.85. The van der Waals surface area contributed by atoms with Gasteiger partial charge in [0.25, 0.3) is 5.91 Å². The van der Waals surface area contributed by atoms with E-state index >= 15 is 0 Å². The number of furan rings is 1. The van der Waals surface area contributed by atoms with E-state index in [9.17, 15) is 4.79 Å². The third-order valence-corrected chi connectivity index (χ3v) is 3.07. The van der Waals surface area contributed by atoms with Gasteiger partial charge in [0.1, 0.15) is 12.0 Å². The molecule has 100 valence electrons. The van der Waals surface area contributed by atoms with Crippen LogP contribution >= 0.6 is 0 Å². The highest BCUT2D eigenvalue weighted by molar-refractivity contribution is 6.04. The molecular weight excluding hydrogens is 240 g/mol. The van der Waals surface area contributed by atoms with Crippen molar-refractivity contribution in [1.82, 2.24) is 5.32 Å². The van der Waals surface area contributed by atoms with Gasteiger partial charge in [-0.15, -0.1) is 0 Å². The molecule has 0 fully saturated rings. The maximum absolute atomic E-state index is 12.0. The molecule has 0 saturated heterocycles. The number of nitrogens with one attached hydrogen (secondary N) is 2. The molecule has 1 aromatic carbocycles. The minimum Gasteiger partial charge on any atom is -0.469 e. The molecule has 1 heterocycles. The minimum atomic E-state index is -0.161. The fourth-order valence-electron chi connectivity index (χ4n) is 1.82. The highest BCUT2D eigenvalue weighted by Crippen LogP contribution is 2.18. The summed E-state index contributed by atoms with van der Waals surface area (Å²) in [6, 6.07) is 9.75. The monoisotopic (exact) mass is 258 g/mol. The molecule has 4 nitrogen and oxygen atoms in total. The first-order valence-corrected chi connectivity index (χ1v) is 6.24. The van der Waals surface area contributed by atoms with E-state index < -0.39 is 0 Å². The first-order valence-electron chi connectivity index (χ1n) is 6.24. The smallest absolute Gasteiger partial charge is 0.258 e. The molecule has 0 spiro atoms. The molecule has 0 saturated carbocycles. The second-order valence-electron chi connectivity index (χ2n) is 4.54. The van der Waals surface area contributed by atoms with Gasteiger partial charge >= 0.3 is 0 Å². The lowest BCUT2D eigenvalue weighted by Gasteiger charge is -2.12. The van der Waals surface area contributed by atoms with Crippen LogP contribution in [0.25, 0.3) is 0 Å². The number of rotatable bonds is 4. The van der Waals surface area contributed by atoms with E-state index in [4.69, 9.17) is 4.42 Å². The van der Waals surface area contributed by atoms with E-state index in [1.165, 1.54) is 6.26 Å². The molecule has 0 aliphatic rings. The molecule has 19 heavy (non-hydrogen) atoms. The first kappa shape index (κ1) is 13.4. The van der Waals surface area contributed by atoms with Gasteiger partial charge in [-0.25, -0.2) is 0 Å². The van der Waals surface area contributed by atoms with Crippen LogP contribution in [0.2, 0.25) is 0 Å². The molecule has 2 rings (SSSR count). The number of carbonyl (C=O) groups is 1. The number of amides is 1.